The highest BCUT2D eigenvalue weighted by molar-refractivity contribution is 7.71. The Morgan fingerprint density at radius 2 is 2.28 bits per heavy atom. The molecule has 0 fully saturated rings. The van der Waals surface area contributed by atoms with Crippen molar-refractivity contribution in [3.8, 4) is 0 Å². The number of nitro benzene ring substituents is 1. The van der Waals surface area contributed by atoms with Gasteiger partial charge in [-0.3, -0.25) is 15.2 Å². The summed E-state index contributed by atoms with van der Waals surface area (Å²) in [5.41, 5.74) is 1.00. The van der Waals surface area contributed by atoms with E-state index in [1.54, 1.807) is 29.1 Å². The van der Waals surface area contributed by atoms with E-state index in [0.29, 0.717) is 34.1 Å². The summed E-state index contributed by atoms with van der Waals surface area (Å²) in [7, 11) is 1.82. The van der Waals surface area contributed by atoms with Crippen molar-refractivity contribution in [1.29, 1.82) is 0 Å². The van der Waals surface area contributed by atoms with Crippen molar-refractivity contribution < 1.29 is 4.92 Å². The Morgan fingerprint density at radius 1 is 1.48 bits per heavy atom. The minimum Gasteiger partial charge on any atom is -0.333 e. The van der Waals surface area contributed by atoms with Crippen molar-refractivity contribution in [2.75, 3.05) is 0 Å². The number of aromatic amines is 1. The molecular formula is C15H15N7O2S. The van der Waals surface area contributed by atoms with Crippen LogP contribution in [0.3, 0.4) is 0 Å². The molecule has 2 heterocycles. The molecule has 1 aromatic carbocycles. The van der Waals surface area contributed by atoms with Gasteiger partial charge in [0.05, 0.1) is 4.92 Å². The predicted octanol–water partition coefficient (Wildman–Crippen LogP) is 2.45. The maximum Gasteiger partial charge on any atom is 0.270 e. The van der Waals surface area contributed by atoms with Gasteiger partial charge in [-0.05, 0) is 12.2 Å². The molecule has 0 spiro atoms. The molecule has 0 aliphatic heterocycles. The summed E-state index contributed by atoms with van der Waals surface area (Å²) in [6.45, 7) is 1.94. The number of hydrogen-bond donors (Lipinski definition) is 1. The lowest BCUT2D eigenvalue weighted by Crippen LogP contribution is -2.13. The molecule has 0 saturated carbocycles. The van der Waals surface area contributed by atoms with Gasteiger partial charge in [-0.25, -0.2) is 4.98 Å². The first-order chi connectivity index (χ1) is 12.0. The Balaban J connectivity index is 2.24. The number of nitro groups is 1. The zero-order chi connectivity index (χ0) is 18.0. The van der Waals surface area contributed by atoms with Gasteiger partial charge in [0.2, 0.25) is 4.77 Å². The first-order valence-electron chi connectivity index (χ1n) is 7.49. The second-order valence-corrected chi connectivity index (χ2v) is 5.61. The Hall–Kier alpha value is -3.14. The average molecular weight is 357 g/mol. The lowest BCUT2D eigenvalue weighted by atomic mass is 10.1. The first kappa shape index (κ1) is 16.7. The highest BCUT2D eigenvalue weighted by atomic mass is 32.1. The van der Waals surface area contributed by atoms with Crippen LogP contribution in [-0.2, 0) is 13.5 Å². The number of imidazole rings is 1. The smallest absolute Gasteiger partial charge is 0.270 e. The summed E-state index contributed by atoms with van der Waals surface area (Å²) < 4.78 is 3.64. The number of nitrogens with one attached hydrogen (secondary N) is 1. The number of benzene rings is 1. The standard InChI is InChI=1S/C15H15N7O2S/c1-3-12-17-18-15(25)21(12)19-13(14-16-7-8-20(14)2)10-5-4-6-11(9-10)22(23)24/h4-9H,3H2,1-2H3,(H,18,25). The molecule has 10 heteroatoms. The Kier molecular flexibility index (Phi) is 4.52. The quantitative estimate of drug-likeness (QED) is 0.327. The van der Waals surface area contributed by atoms with Crippen LogP contribution in [-0.4, -0.2) is 35.1 Å². The normalized spacial score (nSPS) is 11.7. The van der Waals surface area contributed by atoms with E-state index in [4.69, 9.17) is 12.2 Å². The van der Waals surface area contributed by atoms with Gasteiger partial charge in [0, 0.05) is 43.6 Å². The fraction of sp³-hybridized carbons (Fsp3) is 0.200. The van der Waals surface area contributed by atoms with E-state index in [1.807, 2.05) is 14.0 Å². The lowest BCUT2D eigenvalue weighted by molar-refractivity contribution is -0.384. The van der Waals surface area contributed by atoms with Crippen molar-refractivity contribution in [3.05, 3.63) is 68.8 Å². The van der Waals surface area contributed by atoms with Crippen LogP contribution in [0.1, 0.15) is 24.1 Å². The molecule has 0 unspecified atom stereocenters. The van der Waals surface area contributed by atoms with Crippen LogP contribution in [0, 0.1) is 14.9 Å². The molecule has 0 atom stereocenters. The first-order valence-corrected chi connectivity index (χ1v) is 7.90. The van der Waals surface area contributed by atoms with Crippen molar-refractivity contribution >= 4 is 23.6 Å². The summed E-state index contributed by atoms with van der Waals surface area (Å²) in [5, 5.41) is 22.5. The Bertz CT molecular complexity index is 1010. The zero-order valence-corrected chi connectivity index (χ0v) is 14.4. The van der Waals surface area contributed by atoms with Gasteiger partial charge < -0.3 is 4.57 Å². The van der Waals surface area contributed by atoms with Crippen LogP contribution in [0.2, 0.25) is 0 Å². The van der Waals surface area contributed by atoms with Crippen LogP contribution in [0.5, 0.6) is 0 Å². The van der Waals surface area contributed by atoms with Gasteiger partial charge in [-0.15, -0.1) is 0 Å². The fourth-order valence-electron chi connectivity index (χ4n) is 2.35. The molecule has 2 aromatic heterocycles. The molecule has 0 amide bonds. The molecule has 0 aliphatic rings. The minimum atomic E-state index is -0.444. The van der Waals surface area contributed by atoms with Crippen LogP contribution in [0.4, 0.5) is 5.69 Å². The molecule has 0 saturated heterocycles. The van der Waals surface area contributed by atoms with Crippen molar-refractivity contribution in [2.24, 2.45) is 12.1 Å². The van der Waals surface area contributed by atoms with E-state index in [0.717, 1.165) is 0 Å². The van der Waals surface area contributed by atoms with Gasteiger partial charge in [-0.1, -0.05) is 19.1 Å². The maximum atomic E-state index is 11.1. The lowest BCUT2D eigenvalue weighted by Gasteiger charge is -2.08. The van der Waals surface area contributed by atoms with E-state index in [-0.39, 0.29) is 5.69 Å². The number of non-ortho nitro benzene ring substituents is 1. The Morgan fingerprint density at radius 3 is 2.92 bits per heavy atom. The summed E-state index contributed by atoms with van der Waals surface area (Å²) in [4.78, 5) is 15.0. The highest BCUT2D eigenvalue weighted by Gasteiger charge is 2.17. The number of H-pyrrole nitrogens is 1. The number of rotatable bonds is 5. The highest BCUT2D eigenvalue weighted by Crippen LogP contribution is 2.17. The molecule has 0 radical (unpaired) electrons. The number of aryl methyl sites for hydroxylation is 2. The van der Waals surface area contributed by atoms with Gasteiger partial charge in [0.25, 0.3) is 5.69 Å². The summed E-state index contributed by atoms with van der Waals surface area (Å²) >= 11 is 5.24. The Labute approximate surface area is 147 Å². The number of aromatic nitrogens is 5. The van der Waals surface area contributed by atoms with Crippen LogP contribution >= 0.6 is 12.2 Å². The molecule has 3 rings (SSSR count). The van der Waals surface area contributed by atoms with Crippen LogP contribution in [0.15, 0.2) is 41.8 Å². The third-order valence-electron chi connectivity index (χ3n) is 3.60. The van der Waals surface area contributed by atoms with Gasteiger partial charge >= 0.3 is 0 Å². The molecule has 128 valence electrons. The molecule has 1 N–H and O–H groups in total. The van der Waals surface area contributed by atoms with Gasteiger partial charge in [0.1, 0.15) is 5.71 Å². The van der Waals surface area contributed by atoms with E-state index in [9.17, 15) is 10.1 Å². The second-order valence-electron chi connectivity index (χ2n) is 5.23. The molecular weight excluding hydrogens is 342 g/mol. The van der Waals surface area contributed by atoms with Crippen molar-refractivity contribution in [3.63, 3.8) is 0 Å². The summed E-state index contributed by atoms with van der Waals surface area (Å²) in [6, 6.07) is 6.25. The molecule has 0 aliphatic carbocycles. The molecule has 25 heavy (non-hydrogen) atoms. The van der Waals surface area contributed by atoms with Gasteiger partial charge in [0.15, 0.2) is 11.6 Å². The van der Waals surface area contributed by atoms with Gasteiger partial charge in [-0.2, -0.15) is 14.9 Å². The topological polar surface area (TPSA) is 107 Å². The molecule has 0 bridgehead atoms. The third kappa shape index (κ3) is 3.24. The number of nitrogens with zero attached hydrogens (tertiary/aromatic N) is 6. The van der Waals surface area contributed by atoms with E-state index in [1.165, 1.54) is 16.8 Å². The van der Waals surface area contributed by atoms with E-state index in [2.05, 4.69) is 20.3 Å². The summed E-state index contributed by atoms with van der Waals surface area (Å²) in [5.74, 6) is 1.22. The van der Waals surface area contributed by atoms with Crippen molar-refractivity contribution in [1.82, 2.24) is 24.4 Å². The monoisotopic (exact) mass is 357 g/mol. The average Bonchev–Trinajstić information content (AvgIpc) is 3.18. The fourth-order valence-corrected chi connectivity index (χ4v) is 2.54. The molecule has 3 aromatic rings. The van der Waals surface area contributed by atoms with Crippen LogP contribution < -0.4 is 0 Å². The largest absolute Gasteiger partial charge is 0.333 e. The second kappa shape index (κ2) is 6.77. The summed E-state index contributed by atoms with van der Waals surface area (Å²) in [6.07, 6.45) is 4.04. The maximum absolute atomic E-state index is 11.1. The van der Waals surface area contributed by atoms with E-state index >= 15 is 0 Å². The predicted molar refractivity (Wildman–Crippen MR) is 94.1 cm³/mol. The SMILES string of the molecule is CCc1n[nH]c(=S)n1N=C(c1cccc([N+](=O)[O-])c1)c1nccn1C. The third-order valence-corrected chi connectivity index (χ3v) is 3.86. The number of hydrogen-bond acceptors (Lipinski definition) is 6. The van der Waals surface area contributed by atoms with E-state index < -0.39 is 4.92 Å². The zero-order valence-electron chi connectivity index (χ0n) is 13.6. The molecule has 9 nitrogen and oxygen atoms in total. The minimum absolute atomic E-state index is 0.0223. The van der Waals surface area contributed by atoms with Crippen molar-refractivity contribution in [2.45, 2.75) is 13.3 Å². The van der Waals surface area contributed by atoms with Crippen LogP contribution in [0.25, 0.3) is 0 Å².